The number of fused-ring (bicyclic) bond motifs is 2. The summed E-state index contributed by atoms with van der Waals surface area (Å²) in [4.78, 5) is 7.85. The Morgan fingerprint density at radius 2 is 1.88 bits per heavy atom. The molecule has 1 fully saturated rings. The summed E-state index contributed by atoms with van der Waals surface area (Å²) in [5, 5.41) is 0.832. The van der Waals surface area contributed by atoms with Crippen LogP contribution in [-0.2, 0) is 11.2 Å². The van der Waals surface area contributed by atoms with Gasteiger partial charge < -0.3 is 4.74 Å². The van der Waals surface area contributed by atoms with Gasteiger partial charge in [0, 0.05) is 60.7 Å². The standard InChI is InChI=1S/C21H25ClN2OS/c1-25-13-12-23-8-10-24(11-9-23)19-14-16-4-2-3-5-20(16)26-21-7-6-17(22)15-18(19)21/h2-7,15,19H,8-14H2,1H3. The number of benzene rings is 2. The summed E-state index contributed by atoms with van der Waals surface area (Å²) < 4.78 is 5.23. The SMILES string of the molecule is COCCN1CCN(C2Cc3ccccc3Sc3ccc(Cl)cc32)CC1. The van der Waals surface area contributed by atoms with Gasteiger partial charge in [-0.05, 0) is 41.8 Å². The first-order valence-corrected chi connectivity index (χ1v) is 10.4. The zero-order valence-corrected chi connectivity index (χ0v) is 16.7. The number of hydrogen-bond acceptors (Lipinski definition) is 4. The fourth-order valence-electron chi connectivity index (χ4n) is 3.93. The Morgan fingerprint density at radius 3 is 2.69 bits per heavy atom. The molecule has 138 valence electrons. The van der Waals surface area contributed by atoms with Crippen LogP contribution in [-0.4, -0.2) is 56.2 Å². The van der Waals surface area contributed by atoms with E-state index >= 15 is 0 Å². The van der Waals surface area contributed by atoms with E-state index in [0.29, 0.717) is 6.04 Å². The van der Waals surface area contributed by atoms with Gasteiger partial charge in [0.25, 0.3) is 0 Å². The molecule has 0 aromatic heterocycles. The van der Waals surface area contributed by atoms with Crippen LogP contribution >= 0.6 is 23.4 Å². The maximum atomic E-state index is 6.38. The van der Waals surface area contributed by atoms with Gasteiger partial charge in [0.1, 0.15) is 0 Å². The van der Waals surface area contributed by atoms with Gasteiger partial charge >= 0.3 is 0 Å². The third-order valence-corrected chi connectivity index (χ3v) is 6.84. The van der Waals surface area contributed by atoms with Gasteiger partial charge in [-0.15, -0.1) is 0 Å². The van der Waals surface area contributed by atoms with Crippen molar-refractivity contribution in [1.29, 1.82) is 0 Å². The Bertz CT molecular complexity index is 761. The summed E-state index contributed by atoms with van der Waals surface area (Å²) in [7, 11) is 1.78. The minimum absolute atomic E-state index is 0.393. The van der Waals surface area contributed by atoms with E-state index in [4.69, 9.17) is 16.3 Å². The predicted molar refractivity (Wildman–Crippen MR) is 108 cm³/mol. The number of piperazine rings is 1. The van der Waals surface area contributed by atoms with E-state index in [1.165, 1.54) is 20.9 Å². The second-order valence-electron chi connectivity index (χ2n) is 6.98. The highest BCUT2D eigenvalue weighted by Crippen LogP contribution is 2.43. The molecule has 0 aliphatic carbocycles. The van der Waals surface area contributed by atoms with Crippen molar-refractivity contribution >= 4 is 23.4 Å². The van der Waals surface area contributed by atoms with Gasteiger partial charge in [-0.2, -0.15) is 0 Å². The molecule has 0 saturated carbocycles. The van der Waals surface area contributed by atoms with E-state index in [-0.39, 0.29) is 0 Å². The Balaban J connectivity index is 1.60. The molecule has 2 heterocycles. The lowest BCUT2D eigenvalue weighted by atomic mass is 9.96. The van der Waals surface area contributed by atoms with Crippen molar-refractivity contribution in [2.75, 3.05) is 46.4 Å². The molecule has 3 nitrogen and oxygen atoms in total. The van der Waals surface area contributed by atoms with Crippen LogP contribution in [0, 0.1) is 0 Å². The van der Waals surface area contributed by atoms with E-state index < -0.39 is 0 Å². The van der Waals surface area contributed by atoms with Gasteiger partial charge in [0.15, 0.2) is 0 Å². The summed E-state index contributed by atoms with van der Waals surface area (Å²) in [6.45, 7) is 6.22. The molecular formula is C21H25ClN2OS. The third-order valence-electron chi connectivity index (χ3n) is 5.40. The predicted octanol–water partition coefficient (Wildman–Crippen LogP) is 4.35. The van der Waals surface area contributed by atoms with Crippen LogP contribution in [0.5, 0.6) is 0 Å². The van der Waals surface area contributed by atoms with Gasteiger partial charge in [0.05, 0.1) is 6.61 Å². The minimum atomic E-state index is 0.393. The molecule has 1 atom stereocenters. The second-order valence-corrected chi connectivity index (χ2v) is 8.50. The number of ether oxygens (including phenoxy) is 1. The molecule has 2 aliphatic heterocycles. The summed E-state index contributed by atoms with van der Waals surface area (Å²) in [6, 6.07) is 15.6. The average molecular weight is 389 g/mol. The van der Waals surface area contributed by atoms with E-state index in [1.54, 1.807) is 7.11 Å². The molecule has 0 N–H and O–H groups in total. The topological polar surface area (TPSA) is 15.7 Å². The van der Waals surface area contributed by atoms with Gasteiger partial charge in [0.2, 0.25) is 0 Å². The highest BCUT2D eigenvalue weighted by molar-refractivity contribution is 7.99. The number of nitrogens with zero attached hydrogens (tertiary/aromatic N) is 2. The highest BCUT2D eigenvalue weighted by atomic mass is 35.5. The molecule has 26 heavy (non-hydrogen) atoms. The Kier molecular flexibility index (Phi) is 5.87. The maximum absolute atomic E-state index is 6.38. The molecule has 0 radical (unpaired) electrons. The van der Waals surface area contributed by atoms with E-state index in [0.717, 1.165) is 50.8 Å². The number of rotatable bonds is 4. The van der Waals surface area contributed by atoms with Crippen molar-refractivity contribution in [1.82, 2.24) is 9.80 Å². The Labute approximate surface area is 165 Å². The van der Waals surface area contributed by atoms with Crippen molar-refractivity contribution in [3.8, 4) is 0 Å². The van der Waals surface area contributed by atoms with Crippen LogP contribution in [0.1, 0.15) is 17.2 Å². The zero-order valence-electron chi connectivity index (χ0n) is 15.2. The van der Waals surface area contributed by atoms with E-state index in [2.05, 4.69) is 46.2 Å². The van der Waals surface area contributed by atoms with Crippen LogP contribution in [0.3, 0.4) is 0 Å². The summed E-state index contributed by atoms with van der Waals surface area (Å²) in [6.07, 6.45) is 1.05. The fraction of sp³-hybridized carbons (Fsp3) is 0.429. The van der Waals surface area contributed by atoms with Gasteiger partial charge in [-0.1, -0.05) is 41.6 Å². The van der Waals surface area contributed by atoms with Crippen molar-refractivity contribution in [3.63, 3.8) is 0 Å². The number of methoxy groups -OCH3 is 1. The molecular weight excluding hydrogens is 364 g/mol. The maximum Gasteiger partial charge on any atom is 0.0589 e. The molecule has 2 aromatic carbocycles. The van der Waals surface area contributed by atoms with Crippen LogP contribution in [0.25, 0.3) is 0 Å². The first-order chi connectivity index (χ1) is 12.7. The van der Waals surface area contributed by atoms with Crippen molar-refractivity contribution in [3.05, 3.63) is 58.6 Å². The summed E-state index contributed by atoms with van der Waals surface area (Å²) >= 11 is 8.26. The van der Waals surface area contributed by atoms with Gasteiger partial charge in [-0.3, -0.25) is 9.80 Å². The summed E-state index contributed by atoms with van der Waals surface area (Å²) in [5.41, 5.74) is 2.82. The Hall–Kier alpha value is -1.04. The first kappa shape index (κ1) is 18.3. The Morgan fingerprint density at radius 1 is 1.08 bits per heavy atom. The average Bonchev–Trinajstić information content (AvgIpc) is 2.83. The van der Waals surface area contributed by atoms with Gasteiger partial charge in [-0.25, -0.2) is 0 Å². The molecule has 2 aliphatic rings. The number of halogens is 1. The monoisotopic (exact) mass is 388 g/mol. The number of hydrogen-bond donors (Lipinski definition) is 0. The van der Waals surface area contributed by atoms with Crippen LogP contribution in [0.4, 0.5) is 0 Å². The lowest BCUT2D eigenvalue weighted by Crippen LogP contribution is -2.48. The van der Waals surface area contributed by atoms with Crippen molar-refractivity contribution in [2.24, 2.45) is 0 Å². The molecule has 4 rings (SSSR count). The van der Waals surface area contributed by atoms with Crippen LogP contribution < -0.4 is 0 Å². The van der Waals surface area contributed by atoms with Crippen molar-refractivity contribution in [2.45, 2.75) is 22.3 Å². The second kappa shape index (κ2) is 8.32. The zero-order chi connectivity index (χ0) is 17.9. The third kappa shape index (κ3) is 3.95. The fourth-order valence-corrected chi connectivity index (χ4v) is 5.22. The minimum Gasteiger partial charge on any atom is -0.383 e. The first-order valence-electron chi connectivity index (χ1n) is 9.25. The molecule has 2 aromatic rings. The highest BCUT2D eigenvalue weighted by Gasteiger charge is 2.30. The van der Waals surface area contributed by atoms with Crippen LogP contribution in [0.2, 0.25) is 5.02 Å². The smallest absolute Gasteiger partial charge is 0.0589 e. The van der Waals surface area contributed by atoms with E-state index in [9.17, 15) is 0 Å². The van der Waals surface area contributed by atoms with E-state index in [1.807, 2.05) is 17.8 Å². The summed E-state index contributed by atoms with van der Waals surface area (Å²) in [5.74, 6) is 0. The molecule has 1 saturated heterocycles. The quantitative estimate of drug-likeness (QED) is 0.773. The lowest BCUT2D eigenvalue weighted by Gasteiger charge is -2.39. The largest absolute Gasteiger partial charge is 0.383 e. The molecule has 1 unspecified atom stereocenters. The van der Waals surface area contributed by atoms with Crippen LogP contribution in [0.15, 0.2) is 52.3 Å². The van der Waals surface area contributed by atoms with Crippen molar-refractivity contribution < 1.29 is 4.74 Å². The molecule has 0 amide bonds. The lowest BCUT2D eigenvalue weighted by molar-refractivity contribution is 0.0734. The molecule has 0 bridgehead atoms. The molecule has 5 heteroatoms. The normalized spacial score (nSPS) is 21.1. The molecule has 0 spiro atoms.